The average molecular weight is 726 g/mol. The first-order chi connectivity index (χ1) is 20.0. The summed E-state index contributed by atoms with van der Waals surface area (Å²) in [5.41, 5.74) is 5.31. The van der Waals surface area contributed by atoms with Gasteiger partial charge in [-0.1, -0.05) is 79.5 Å². The van der Waals surface area contributed by atoms with E-state index in [1.54, 1.807) is 0 Å². The minimum atomic E-state index is 0. The third-order valence-electron chi connectivity index (χ3n) is 7.85. The van der Waals surface area contributed by atoms with Gasteiger partial charge in [-0.15, -0.1) is 29.7 Å². The van der Waals surface area contributed by atoms with Crippen molar-refractivity contribution in [1.29, 1.82) is 0 Å². The van der Waals surface area contributed by atoms with E-state index in [1.807, 2.05) is 55.0 Å². The fourth-order valence-corrected chi connectivity index (χ4v) is 5.82. The van der Waals surface area contributed by atoms with Crippen molar-refractivity contribution in [3.63, 3.8) is 0 Å². The Labute approximate surface area is 257 Å². The number of rotatable bonds is 3. The first-order valence-electron chi connectivity index (χ1n) is 13.8. The molecule has 0 bridgehead atoms. The van der Waals surface area contributed by atoms with E-state index >= 15 is 0 Å². The molecule has 206 valence electrons. The summed E-state index contributed by atoms with van der Waals surface area (Å²) < 4.78 is 10.7. The standard InChI is InChI=1S/C36H26N4O.Pt/c1-36(2,3)23-11-16-31-29(20-23)26-14-12-24(21-30(26)35-38-18-19-39(31)35)41-25-13-15-28-27-8-4-5-9-32(27)40(33(28)22-25)34-10-6-7-17-37-34;/h4-20H,1-3H3;/q-2;+2. The van der Waals surface area contributed by atoms with Crippen molar-refractivity contribution in [1.82, 2.24) is 18.9 Å². The van der Waals surface area contributed by atoms with Crippen LogP contribution in [0, 0.1) is 12.1 Å². The van der Waals surface area contributed by atoms with Gasteiger partial charge in [0.2, 0.25) is 0 Å². The molecule has 0 atom stereocenters. The van der Waals surface area contributed by atoms with Crippen LogP contribution in [-0.4, -0.2) is 18.9 Å². The number of pyridine rings is 2. The Hall–Kier alpha value is -4.47. The van der Waals surface area contributed by atoms with E-state index in [1.165, 1.54) is 10.9 Å². The van der Waals surface area contributed by atoms with Crippen LogP contribution in [0.2, 0.25) is 0 Å². The smallest absolute Gasteiger partial charge is 0.503 e. The molecule has 0 aliphatic carbocycles. The number of aromatic nitrogens is 4. The number of imidazole rings is 1. The second-order valence-corrected chi connectivity index (χ2v) is 11.4. The van der Waals surface area contributed by atoms with Crippen molar-refractivity contribution in [2.75, 3.05) is 0 Å². The number of fused-ring (bicyclic) bond motifs is 9. The fraction of sp³-hybridized carbons (Fsp3) is 0.111. The van der Waals surface area contributed by atoms with Crippen LogP contribution in [-0.2, 0) is 26.5 Å². The number of para-hydroxylation sites is 1. The molecular weight excluding hydrogens is 700 g/mol. The molecule has 4 aromatic heterocycles. The Bertz CT molecular complexity index is 2280. The van der Waals surface area contributed by atoms with Crippen molar-refractivity contribution < 1.29 is 25.8 Å². The van der Waals surface area contributed by atoms with Crippen LogP contribution >= 0.6 is 0 Å². The number of hydrogen-bond donors (Lipinski definition) is 0. The Kier molecular flexibility index (Phi) is 6.18. The minimum Gasteiger partial charge on any atom is -0.503 e. The van der Waals surface area contributed by atoms with Crippen molar-refractivity contribution in [3.8, 4) is 17.3 Å². The van der Waals surface area contributed by atoms with Gasteiger partial charge < -0.3 is 13.7 Å². The predicted octanol–water partition coefficient (Wildman–Crippen LogP) is 8.82. The molecule has 4 heterocycles. The number of nitrogens with zero attached hydrogens (tertiary/aromatic N) is 4. The monoisotopic (exact) mass is 725 g/mol. The van der Waals surface area contributed by atoms with Gasteiger partial charge in [0, 0.05) is 41.1 Å². The molecule has 6 heteroatoms. The maximum atomic E-state index is 6.42. The summed E-state index contributed by atoms with van der Waals surface area (Å²) in [6.07, 6.45) is 5.66. The van der Waals surface area contributed by atoms with Gasteiger partial charge in [0.1, 0.15) is 5.82 Å². The van der Waals surface area contributed by atoms with Crippen molar-refractivity contribution in [2.45, 2.75) is 26.2 Å². The topological polar surface area (TPSA) is 44.3 Å². The number of hydrogen-bond acceptors (Lipinski definition) is 3. The maximum absolute atomic E-state index is 6.42. The van der Waals surface area contributed by atoms with E-state index in [2.05, 4.69) is 100 Å². The van der Waals surface area contributed by atoms with Crippen LogP contribution in [0.5, 0.6) is 11.5 Å². The zero-order valence-electron chi connectivity index (χ0n) is 23.3. The van der Waals surface area contributed by atoms with E-state index in [-0.39, 0.29) is 26.5 Å². The quantitative estimate of drug-likeness (QED) is 0.135. The van der Waals surface area contributed by atoms with Gasteiger partial charge in [-0.05, 0) is 46.0 Å². The Balaban J connectivity index is 0.00000288. The van der Waals surface area contributed by atoms with E-state index in [0.717, 1.165) is 49.6 Å². The molecule has 0 radical (unpaired) electrons. The summed E-state index contributed by atoms with van der Waals surface area (Å²) >= 11 is 0. The summed E-state index contributed by atoms with van der Waals surface area (Å²) in [5, 5.41) is 5.45. The molecular formula is C36H26N4OPt. The summed E-state index contributed by atoms with van der Waals surface area (Å²) in [4.78, 5) is 9.31. The Morgan fingerprint density at radius 3 is 2.29 bits per heavy atom. The molecule has 8 rings (SSSR count). The van der Waals surface area contributed by atoms with Gasteiger partial charge in [0.05, 0.1) is 5.65 Å². The summed E-state index contributed by atoms with van der Waals surface area (Å²) in [5.74, 6) is 2.07. The SMILES string of the molecule is CC(C)(C)c1ccc2c(c1)c1ccc(Oc3[c-]c4c(cc3)c3ccccc3n4-c3ccccn3)[c-]c1c1nccn21.[Pt+2]. The first-order valence-corrected chi connectivity index (χ1v) is 13.8. The molecule has 0 amide bonds. The van der Waals surface area contributed by atoms with Gasteiger partial charge in [-0.2, -0.15) is 6.07 Å². The molecule has 0 aliphatic rings. The van der Waals surface area contributed by atoms with Crippen molar-refractivity contribution in [2.24, 2.45) is 0 Å². The summed E-state index contributed by atoms with van der Waals surface area (Å²) in [6, 6.07) is 36.2. The van der Waals surface area contributed by atoms with Crippen molar-refractivity contribution in [3.05, 3.63) is 121 Å². The molecule has 4 aromatic carbocycles. The van der Waals surface area contributed by atoms with Crippen LogP contribution in [0.25, 0.3) is 54.9 Å². The van der Waals surface area contributed by atoms with Gasteiger partial charge in [-0.25, -0.2) is 4.98 Å². The van der Waals surface area contributed by atoms with Crippen molar-refractivity contribution >= 4 is 49.1 Å². The predicted molar refractivity (Wildman–Crippen MR) is 165 cm³/mol. The summed E-state index contributed by atoms with van der Waals surface area (Å²) in [7, 11) is 0. The Morgan fingerprint density at radius 1 is 0.690 bits per heavy atom. The van der Waals surface area contributed by atoms with E-state index < -0.39 is 0 Å². The zero-order valence-corrected chi connectivity index (χ0v) is 25.6. The fourth-order valence-electron chi connectivity index (χ4n) is 5.82. The molecule has 8 aromatic rings. The third-order valence-corrected chi connectivity index (χ3v) is 7.85. The molecule has 0 saturated carbocycles. The molecule has 0 spiro atoms. The molecule has 0 fully saturated rings. The number of benzene rings is 4. The third kappa shape index (κ3) is 4.11. The van der Waals surface area contributed by atoms with Crippen LogP contribution < -0.4 is 4.74 Å². The van der Waals surface area contributed by atoms with E-state index in [9.17, 15) is 0 Å². The van der Waals surface area contributed by atoms with E-state index in [4.69, 9.17) is 4.74 Å². The summed E-state index contributed by atoms with van der Waals surface area (Å²) in [6.45, 7) is 6.72. The normalized spacial score (nSPS) is 12.0. The van der Waals surface area contributed by atoms with Gasteiger partial charge in [0.25, 0.3) is 0 Å². The van der Waals surface area contributed by atoms with Gasteiger partial charge >= 0.3 is 21.1 Å². The largest absolute Gasteiger partial charge is 2.00 e. The Morgan fingerprint density at radius 2 is 1.48 bits per heavy atom. The molecule has 0 unspecified atom stereocenters. The van der Waals surface area contributed by atoms with Crippen LogP contribution in [0.1, 0.15) is 26.3 Å². The van der Waals surface area contributed by atoms with Crippen LogP contribution in [0.4, 0.5) is 0 Å². The molecule has 0 aliphatic heterocycles. The molecule has 5 nitrogen and oxygen atoms in total. The second kappa shape index (κ2) is 9.82. The van der Waals surface area contributed by atoms with E-state index in [0.29, 0.717) is 11.5 Å². The maximum Gasteiger partial charge on any atom is 2.00 e. The second-order valence-electron chi connectivity index (χ2n) is 11.4. The number of ether oxygens (including phenoxy) is 1. The minimum absolute atomic E-state index is 0. The first kappa shape index (κ1) is 26.4. The molecule has 0 N–H and O–H groups in total. The average Bonchev–Trinajstić information content (AvgIpc) is 3.60. The molecule has 42 heavy (non-hydrogen) atoms. The van der Waals surface area contributed by atoms with Gasteiger partial charge in [0.15, 0.2) is 0 Å². The zero-order chi connectivity index (χ0) is 27.7. The molecule has 0 saturated heterocycles. The van der Waals surface area contributed by atoms with Crippen LogP contribution in [0.3, 0.4) is 0 Å². The van der Waals surface area contributed by atoms with Gasteiger partial charge in [-0.3, -0.25) is 4.98 Å². The van der Waals surface area contributed by atoms with Crippen LogP contribution in [0.15, 0.2) is 104 Å².